The van der Waals surface area contributed by atoms with Crippen LogP contribution in [0.3, 0.4) is 0 Å². The SMILES string of the molecule is Cn1cc(C(=O)NCCn2nc3c(cc2=O)CCCC3)nn1. The van der Waals surface area contributed by atoms with Crippen molar-refractivity contribution in [1.82, 2.24) is 30.1 Å². The summed E-state index contributed by atoms with van der Waals surface area (Å²) in [6, 6.07) is 1.67. The summed E-state index contributed by atoms with van der Waals surface area (Å²) in [5.74, 6) is -0.306. The molecule has 8 heteroatoms. The van der Waals surface area contributed by atoms with Gasteiger partial charge in [0.25, 0.3) is 11.5 Å². The van der Waals surface area contributed by atoms with E-state index in [1.54, 1.807) is 19.3 Å². The standard InChI is InChI=1S/C14H18N6O2/c1-19-9-12(16-18-19)14(22)15-6-7-20-13(21)8-10-4-2-3-5-11(10)17-20/h8-9H,2-7H2,1H3,(H,15,22). The Bertz CT molecular complexity index is 748. The second kappa shape index (κ2) is 6.08. The van der Waals surface area contributed by atoms with Crippen LogP contribution in [0.2, 0.25) is 0 Å². The minimum atomic E-state index is -0.306. The average Bonchev–Trinajstić information content (AvgIpc) is 2.94. The molecule has 0 radical (unpaired) electrons. The number of aryl methyl sites for hydroxylation is 3. The van der Waals surface area contributed by atoms with Crippen LogP contribution in [0, 0.1) is 0 Å². The zero-order valence-electron chi connectivity index (χ0n) is 12.4. The highest BCUT2D eigenvalue weighted by atomic mass is 16.2. The molecule has 1 N–H and O–H groups in total. The highest BCUT2D eigenvalue weighted by Gasteiger charge is 2.13. The van der Waals surface area contributed by atoms with Gasteiger partial charge in [-0.1, -0.05) is 5.21 Å². The van der Waals surface area contributed by atoms with Crippen molar-refractivity contribution in [2.45, 2.75) is 32.2 Å². The summed E-state index contributed by atoms with van der Waals surface area (Å²) in [4.78, 5) is 23.8. The molecule has 2 aromatic rings. The first-order valence-corrected chi connectivity index (χ1v) is 7.38. The number of aromatic nitrogens is 5. The molecule has 0 aromatic carbocycles. The third kappa shape index (κ3) is 3.05. The van der Waals surface area contributed by atoms with Crippen LogP contribution in [-0.4, -0.2) is 37.2 Å². The van der Waals surface area contributed by atoms with Crippen molar-refractivity contribution in [2.75, 3.05) is 6.54 Å². The van der Waals surface area contributed by atoms with E-state index in [0.717, 1.165) is 36.9 Å². The predicted molar refractivity (Wildman–Crippen MR) is 78.5 cm³/mol. The fourth-order valence-corrected chi connectivity index (χ4v) is 2.58. The van der Waals surface area contributed by atoms with E-state index in [1.807, 2.05) is 0 Å². The minimum Gasteiger partial charge on any atom is -0.349 e. The maximum absolute atomic E-state index is 12.0. The Morgan fingerprint density at radius 3 is 2.95 bits per heavy atom. The lowest BCUT2D eigenvalue weighted by Gasteiger charge is -2.15. The first-order chi connectivity index (χ1) is 10.6. The van der Waals surface area contributed by atoms with E-state index in [4.69, 9.17) is 0 Å². The normalized spacial score (nSPS) is 13.7. The summed E-state index contributed by atoms with van der Waals surface area (Å²) in [7, 11) is 1.69. The van der Waals surface area contributed by atoms with E-state index in [2.05, 4.69) is 20.7 Å². The van der Waals surface area contributed by atoms with Gasteiger partial charge in [0.1, 0.15) is 0 Å². The van der Waals surface area contributed by atoms with Crippen LogP contribution in [0.1, 0.15) is 34.6 Å². The fourth-order valence-electron chi connectivity index (χ4n) is 2.58. The summed E-state index contributed by atoms with van der Waals surface area (Å²) in [6.45, 7) is 0.666. The maximum atomic E-state index is 12.0. The number of nitrogens with one attached hydrogen (secondary N) is 1. The van der Waals surface area contributed by atoms with Gasteiger partial charge < -0.3 is 5.32 Å². The molecule has 0 fully saturated rings. The molecule has 0 saturated carbocycles. The number of nitrogens with zero attached hydrogens (tertiary/aromatic N) is 5. The van der Waals surface area contributed by atoms with E-state index in [0.29, 0.717) is 13.1 Å². The van der Waals surface area contributed by atoms with Crippen LogP contribution in [0.5, 0.6) is 0 Å². The Balaban J connectivity index is 1.62. The molecule has 0 spiro atoms. The van der Waals surface area contributed by atoms with Crippen molar-refractivity contribution in [3.05, 3.63) is 39.6 Å². The second-order valence-corrected chi connectivity index (χ2v) is 5.42. The third-order valence-corrected chi connectivity index (χ3v) is 3.72. The van der Waals surface area contributed by atoms with Crippen molar-refractivity contribution >= 4 is 5.91 Å². The van der Waals surface area contributed by atoms with Gasteiger partial charge in [0.05, 0.1) is 18.4 Å². The maximum Gasteiger partial charge on any atom is 0.273 e. The largest absolute Gasteiger partial charge is 0.349 e. The lowest BCUT2D eigenvalue weighted by atomic mass is 9.97. The van der Waals surface area contributed by atoms with E-state index >= 15 is 0 Å². The van der Waals surface area contributed by atoms with Gasteiger partial charge in [0, 0.05) is 19.7 Å². The molecule has 0 saturated heterocycles. The summed E-state index contributed by atoms with van der Waals surface area (Å²) >= 11 is 0. The lowest BCUT2D eigenvalue weighted by Crippen LogP contribution is -2.33. The zero-order chi connectivity index (χ0) is 15.5. The molecule has 0 unspecified atom stereocenters. The Labute approximate surface area is 127 Å². The molecule has 1 aliphatic carbocycles. The number of hydrogen-bond donors (Lipinski definition) is 1. The topological polar surface area (TPSA) is 94.7 Å². The lowest BCUT2D eigenvalue weighted by molar-refractivity contribution is 0.0946. The molecule has 0 aliphatic heterocycles. The van der Waals surface area contributed by atoms with Crippen molar-refractivity contribution in [3.63, 3.8) is 0 Å². The average molecular weight is 302 g/mol. The van der Waals surface area contributed by atoms with Gasteiger partial charge in [-0.15, -0.1) is 5.10 Å². The van der Waals surface area contributed by atoms with Crippen molar-refractivity contribution in [1.29, 1.82) is 0 Å². The molecular weight excluding hydrogens is 284 g/mol. The minimum absolute atomic E-state index is 0.116. The molecule has 1 amide bonds. The number of hydrogen-bond acceptors (Lipinski definition) is 5. The first kappa shape index (κ1) is 14.4. The van der Waals surface area contributed by atoms with E-state index in [-0.39, 0.29) is 17.2 Å². The van der Waals surface area contributed by atoms with Gasteiger partial charge in [-0.25, -0.2) is 4.68 Å². The van der Waals surface area contributed by atoms with Crippen LogP contribution in [0.25, 0.3) is 0 Å². The molecule has 2 aromatic heterocycles. The van der Waals surface area contributed by atoms with Gasteiger partial charge in [0.2, 0.25) is 0 Å². The van der Waals surface area contributed by atoms with Crippen LogP contribution in [0.15, 0.2) is 17.1 Å². The molecule has 2 heterocycles. The predicted octanol–water partition coefficient (Wildman–Crippen LogP) is -0.319. The molecule has 116 valence electrons. The highest BCUT2D eigenvalue weighted by Crippen LogP contribution is 2.16. The van der Waals surface area contributed by atoms with Gasteiger partial charge in [-0.05, 0) is 31.2 Å². The molecule has 0 atom stereocenters. The molecule has 22 heavy (non-hydrogen) atoms. The van der Waals surface area contributed by atoms with Crippen molar-refractivity contribution in [3.8, 4) is 0 Å². The Morgan fingerprint density at radius 1 is 1.36 bits per heavy atom. The van der Waals surface area contributed by atoms with Gasteiger partial charge >= 0.3 is 0 Å². The van der Waals surface area contributed by atoms with Crippen LogP contribution >= 0.6 is 0 Å². The zero-order valence-corrected chi connectivity index (χ0v) is 12.4. The van der Waals surface area contributed by atoms with E-state index < -0.39 is 0 Å². The molecule has 8 nitrogen and oxygen atoms in total. The Morgan fingerprint density at radius 2 is 2.18 bits per heavy atom. The van der Waals surface area contributed by atoms with Gasteiger partial charge in [-0.2, -0.15) is 5.10 Å². The number of amides is 1. The van der Waals surface area contributed by atoms with Crippen molar-refractivity contribution in [2.24, 2.45) is 7.05 Å². The highest BCUT2D eigenvalue weighted by molar-refractivity contribution is 5.91. The quantitative estimate of drug-likeness (QED) is 0.835. The smallest absolute Gasteiger partial charge is 0.273 e. The summed E-state index contributed by atoms with van der Waals surface area (Å²) in [5, 5.41) is 14.6. The van der Waals surface area contributed by atoms with Crippen LogP contribution < -0.4 is 10.9 Å². The molecule has 1 aliphatic rings. The number of fused-ring (bicyclic) bond motifs is 1. The first-order valence-electron chi connectivity index (χ1n) is 7.38. The fraction of sp³-hybridized carbons (Fsp3) is 0.500. The molecular formula is C14H18N6O2. The van der Waals surface area contributed by atoms with Gasteiger partial charge in [-0.3, -0.25) is 14.3 Å². The van der Waals surface area contributed by atoms with Gasteiger partial charge in [0.15, 0.2) is 5.69 Å². The van der Waals surface area contributed by atoms with E-state index in [1.165, 1.54) is 9.36 Å². The van der Waals surface area contributed by atoms with Crippen LogP contribution in [-0.2, 0) is 26.4 Å². The Kier molecular flexibility index (Phi) is 3.99. The summed E-state index contributed by atoms with van der Waals surface area (Å²) in [5.41, 5.74) is 2.21. The molecule has 0 bridgehead atoms. The number of carbonyl (C=O) groups is 1. The second-order valence-electron chi connectivity index (χ2n) is 5.42. The third-order valence-electron chi connectivity index (χ3n) is 3.72. The van der Waals surface area contributed by atoms with E-state index in [9.17, 15) is 9.59 Å². The summed E-state index contributed by atoms with van der Waals surface area (Å²) in [6.07, 6.45) is 5.62. The van der Waals surface area contributed by atoms with Crippen molar-refractivity contribution < 1.29 is 4.79 Å². The number of rotatable bonds is 4. The van der Waals surface area contributed by atoms with Crippen LogP contribution in [0.4, 0.5) is 0 Å². The monoisotopic (exact) mass is 302 g/mol. The Hall–Kier alpha value is -2.51. The number of carbonyl (C=O) groups excluding carboxylic acids is 1. The summed E-state index contributed by atoms with van der Waals surface area (Å²) < 4.78 is 2.88. The molecule has 3 rings (SSSR count).